The fourth-order valence-corrected chi connectivity index (χ4v) is 13.8. The Morgan fingerprint density at radius 3 is 1.35 bits per heavy atom. The van der Waals surface area contributed by atoms with E-state index < -0.39 is 0 Å². The highest BCUT2D eigenvalue weighted by atomic mass is 15.2. The van der Waals surface area contributed by atoms with E-state index in [0.717, 1.165) is 84.0 Å². The average Bonchev–Trinajstić information content (AvgIpc) is 0.816. The summed E-state index contributed by atoms with van der Waals surface area (Å²) in [6, 6.07) is 108. The van der Waals surface area contributed by atoms with Gasteiger partial charge in [-0.15, -0.1) is 0 Å². The lowest BCUT2D eigenvalue weighted by atomic mass is 9.33. The van der Waals surface area contributed by atoms with Crippen molar-refractivity contribution in [3.63, 3.8) is 0 Å². The van der Waals surface area contributed by atoms with Crippen LogP contribution in [0.25, 0.3) is 107 Å². The number of benzene rings is 12. The van der Waals surface area contributed by atoms with Gasteiger partial charge in [-0.1, -0.05) is 233 Å². The largest absolute Gasteiger partial charge is 0.311 e. The summed E-state index contributed by atoms with van der Waals surface area (Å²) in [6.07, 6.45) is 0. The lowest BCUT2D eigenvalue weighted by Crippen LogP contribution is -2.61. The Morgan fingerprint density at radius 1 is 0.293 bits per heavy atom. The molecule has 2 aliphatic rings. The molecule has 434 valence electrons. The third-order valence-corrected chi connectivity index (χ3v) is 18.2. The molecular formula is C83H59BN8. The lowest BCUT2D eigenvalue weighted by Gasteiger charge is -2.44. The highest BCUT2D eigenvalue weighted by molar-refractivity contribution is 7.00. The predicted octanol–water partition coefficient (Wildman–Crippen LogP) is 18.8. The predicted molar refractivity (Wildman–Crippen MR) is 381 cm³/mol. The Hall–Kier alpha value is -11.8. The van der Waals surface area contributed by atoms with Gasteiger partial charge in [0.1, 0.15) is 0 Å². The van der Waals surface area contributed by atoms with Crippen molar-refractivity contribution in [3.05, 3.63) is 309 Å². The van der Waals surface area contributed by atoms with E-state index >= 15 is 0 Å². The van der Waals surface area contributed by atoms with Crippen molar-refractivity contribution in [3.8, 4) is 84.9 Å². The van der Waals surface area contributed by atoms with Crippen LogP contribution in [0.3, 0.4) is 0 Å². The van der Waals surface area contributed by atoms with Crippen LogP contribution in [-0.2, 0) is 5.41 Å². The summed E-state index contributed by atoms with van der Waals surface area (Å²) in [6.45, 7) is 6.90. The molecule has 0 saturated carbocycles. The van der Waals surface area contributed by atoms with Crippen LogP contribution in [0.15, 0.2) is 303 Å². The third-order valence-electron chi connectivity index (χ3n) is 18.2. The summed E-state index contributed by atoms with van der Waals surface area (Å²) in [4.78, 5) is 31.4. The van der Waals surface area contributed by atoms with Gasteiger partial charge in [-0.3, -0.25) is 0 Å². The Balaban J connectivity index is 0.789. The molecule has 0 amide bonds. The van der Waals surface area contributed by atoms with E-state index in [9.17, 15) is 0 Å². The molecule has 0 radical (unpaired) electrons. The van der Waals surface area contributed by atoms with E-state index in [0.29, 0.717) is 23.3 Å². The molecule has 0 unspecified atom stereocenters. The zero-order chi connectivity index (χ0) is 61.4. The number of nitrogens with zero attached hydrogens (tertiary/aromatic N) is 8. The number of rotatable bonds is 10. The van der Waals surface area contributed by atoms with Crippen LogP contribution in [0, 0.1) is 0 Å². The number of aromatic nitrogens is 6. The second-order valence-corrected chi connectivity index (χ2v) is 24.8. The van der Waals surface area contributed by atoms with Crippen LogP contribution in [-0.4, -0.2) is 36.2 Å². The molecule has 12 aromatic carbocycles. The molecule has 8 nitrogen and oxygen atoms in total. The zero-order valence-electron chi connectivity index (χ0n) is 51.0. The molecule has 0 fully saturated rings. The summed E-state index contributed by atoms with van der Waals surface area (Å²) in [5.74, 6) is 2.35. The highest BCUT2D eigenvalue weighted by Gasteiger charge is 2.43. The summed E-state index contributed by atoms with van der Waals surface area (Å²) in [7, 11) is 0. The highest BCUT2D eigenvalue weighted by Crippen LogP contribution is 2.45. The topological polar surface area (TPSA) is 75.9 Å². The number of fused-ring (bicyclic) bond motifs is 7. The molecule has 5 heterocycles. The summed E-state index contributed by atoms with van der Waals surface area (Å²) < 4.78 is 2.39. The van der Waals surface area contributed by atoms with Crippen LogP contribution in [0.4, 0.5) is 34.1 Å². The minimum atomic E-state index is -0.0459. The quantitative estimate of drug-likeness (QED) is 0.126. The molecule has 3 aromatic heterocycles. The van der Waals surface area contributed by atoms with Gasteiger partial charge in [0.2, 0.25) is 0 Å². The standard InChI is InChI=1S/C83H59BN8/c1-83(2,3)61-46-50-72-65(52-61)64-31-16-19-34-71(64)92(72)73-49-45-60(82-88-80(57-25-10-5-11-26-57)87-81(89-82)58-27-12-6-13-28-58)51-66(73)70-53-69(56-23-8-4-9-24-56)85-79(86-70)59-41-39-54(40-42-59)55-43-47-63(48-44-55)91-75-36-21-18-33-68(75)84-67-32-17-20-35-74(67)90(62-29-14-7-15-30-62)76-37-22-38-77(91)78(76)84/h4-53H,1-3H3. The first-order chi connectivity index (χ1) is 45.3. The van der Waals surface area contributed by atoms with Gasteiger partial charge in [-0.05, 0) is 129 Å². The molecule has 0 atom stereocenters. The van der Waals surface area contributed by atoms with E-state index in [2.05, 4.69) is 272 Å². The second-order valence-electron chi connectivity index (χ2n) is 24.8. The van der Waals surface area contributed by atoms with Gasteiger partial charge in [0.25, 0.3) is 6.71 Å². The van der Waals surface area contributed by atoms with Crippen LogP contribution in [0.2, 0.25) is 0 Å². The van der Waals surface area contributed by atoms with E-state index in [-0.39, 0.29) is 12.1 Å². The van der Waals surface area contributed by atoms with Gasteiger partial charge >= 0.3 is 0 Å². The Morgan fingerprint density at radius 2 is 0.739 bits per heavy atom. The van der Waals surface area contributed by atoms with Crippen LogP contribution in [0.5, 0.6) is 0 Å². The molecular weight excluding hydrogens is 1120 g/mol. The molecule has 0 N–H and O–H groups in total. The average molecular weight is 1180 g/mol. The first-order valence-corrected chi connectivity index (χ1v) is 31.4. The van der Waals surface area contributed by atoms with Gasteiger partial charge < -0.3 is 14.4 Å². The van der Waals surface area contributed by atoms with Crippen molar-refractivity contribution < 1.29 is 0 Å². The minimum absolute atomic E-state index is 0.0459. The number of anilines is 6. The van der Waals surface area contributed by atoms with E-state index in [1.807, 2.05) is 66.7 Å². The van der Waals surface area contributed by atoms with Crippen molar-refractivity contribution >= 4 is 79.0 Å². The molecule has 0 bridgehead atoms. The summed E-state index contributed by atoms with van der Waals surface area (Å²) >= 11 is 0. The lowest BCUT2D eigenvalue weighted by molar-refractivity contribution is 0.591. The second kappa shape index (κ2) is 22.0. The van der Waals surface area contributed by atoms with Crippen LogP contribution >= 0.6 is 0 Å². The Bertz CT molecular complexity index is 5260. The minimum Gasteiger partial charge on any atom is -0.311 e. The van der Waals surface area contributed by atoms with Crippen LogP contribution in [0.1, 0.15) is 26.3 Å². The van der Waals surface area contributed by atoms with Crippen molar-refractivity contribution in [2.45, 2.75) is 26.2 Å². The summed E-state index contributed by atoms with van der Waals surface area (Å²) in [5.41, 5.74) is 24.4. The molecule has 0 aliphatic carbocycles. The van der Waals surface area contributed by atoms with Gasteiger partial charge in [0.15, 0.2) is 23.3 Å². The van der Waals surface area contributed by atoms with E-state index in [1.54, 1.807) is 0 Å². The normalized spacial score (nSPS) is 12.4. The maximum atomic E-state index is 5.61. The van der Waals surface area contributed by atoms with Gasteiger partial charge in [0, 0.05) is 78.3 Å². The molecule has 2 aliphatic heterocycles. The fourth-order valence-electron chi connectivity index (χ4n) is 13.8. The van der Waals surface area contributed by atoms with Gasteiger partial charge in [-0.25, -0.2) is 24.9 Å². The van der Waals surface area contributed by atoms with Gasteiger partial charge in [0.05, 0.1) is 28.1 Å². The number of hydrogen-bond donors (Lipinski definition) is 0. The fraction of sp³-hybridized carbons (Fsp3) is 0.0482. The monoisotopic (exact) mass is 1180 g/mol. The van der Waals surface area contributed by atoms with Crippen molar-refractivity contribution in [2.24, 2.45) is 0 Å². The summed E-state index contributed by atoms with van der Waals surface area (Å²) in [5, 5.41) is 2.37. The van der Waals surface area contributed by atoms with E-state index in [1.165, 1.54) is 55.5 Å². The van der Waals surface area contributed by atoms with Gasteiger partial charge in [-0.2, -0.15) is 0 Å². The Labute approximate surface area is 535 Å². The SMILES string of the molecule is CC(C)(C)c1ccc2c(c1)c1ccccc1n2-c1ccc(-c2nc(-c3ccccc3)nc(-c3ccccc3)n2)cc1-c1cc(-c2ccccc2)nc(-c2ccc(-c3ccc(N4c5ccccc5B5c6ccccc6N(c6ccccc6)c6cccc4c65)cc3)cc2)n1. The zero-order valence-corrected chi connectivity index (χ0v) is 51.0. The third kappa shape index (κ3) is 9.35. The maximum Gasteiger partial charge on any atom is 0.252 e. The Kier molecular flexibility index (Phi) is 13.0. The van der Waals surface area contributed by atoms with Crippen molar-refractivity contribution in [2.75, 3.05) is 9.80 Å². The van der Waals surface area contributed by atoms with E-state index in [4.69, 9.17) is 24.9 Å². The molecule has 9 heteroatoms. The molecule has 0 saturated heterocycles. The van der Waals surface area contributed by atoms with Crippen molar-refractivity contribution in [1.82, 2.24) is 29.5 Å². The first-order valence-electron chi connectivity index (χ1n) is 31.4. The smallest absolute Gasteiger partial charge is 0.252 e. The van der Waals surface area contributed by atoms with Crippen LogP contribution < -0.4 is 26.2 Å². The molecule has 0 spiro atoms. The molecule has 15 aromatic rings. The van der Waals surface area contributed by atoms with Crippen molar-refractivity contribution in [1.29, 1.82) is 0 Å². The molecule has 17 rings (SSSR count). The molecule has 92 heavy (non-hydrogen) atoms. The number of hydrogen-bond acceptors (Lipinski definition) is 7. The first kappa shape index (κ1) is 54.4. The number of para-hydroxylation sites is 4. The maximum absolute atomic E-state index is 5.61.